The molecule has 0 aliphatic rings. The van der Waals surface area contributed by atoms with E-state index in [1.807, 2.05) is 39.5 Å². The van der Waals surface area contributed by atoms with Gasteiger partial charge in [0.25, 0.3) is 0 Å². The van der Waals surface area contributed by atoms with Crippen LogP contribution < -0.4 is 31.9 Å². The van der Waals surface area contributed by atoms with Crippen LogP contribution in [0.1, 0.15) is 539 Å². The van der Waals surface area contributed by atoms with E-state index in [4.69, 9.17) is 28.8 Å². The van der Waals surface area contributed by atoms with Crippen molar-refractivity contribution in [3.05, 3.63) is 0 Å². The highest BCUT2D eigenvalue weighted by Crippen LogP contribution is 2.29. The molecule has 0 unspecified atom stereocenters. The van der Waals surface area contributed by atoms with Crippen LogP contribution >= 0.6 is 0 Å². The molecule has 0 rings (SSSR count). The summed E-state index contributed by atoms with van der Waals surface area (Å²) in [6.45, 7) is 35.0. The topological polar surface area (TPSA) is 316 Å². The summed E-state index contributed by atoms with van der Waals surface area (Å²) >= 11 is 0. The minimum atomic E-state index is -0.763. The van der Waals surface area contributed by atoms with E-state index in [1.54, 1.807) is 0 Å². The number of carboxylic acid groups (broad SMARTS) is 1. The van der Waals surface area contributed by atoms with Crippen molar-refractivity contribution in [3.8, 4) is 0 Å². The molecule has 7 N–H and O–H groups in total. The lowest BCUT2D eigenvalue weighted by Crippen LogP contribution is -2.41. The number of hydrogen-bond acceptors (Lipinski definition) is 17. The molecule has 0 aromatic carbocycles. The van der Waals surface area contributed by atoms with Gasteiger partial charge in [0.1, 0.15) is 11.2 Å². The molecule has 138 heavy (non-hydrogen) atoms. The molecule has 0 radical (unpaired) electrons. The third-order valence-corrected chi connectivity index (χ3v) is 26.6. The van der Waals surface area contributed by atoms with Crippen LogP contribution in [0.2, 0.25) is 0 Å². The molecule has 0 bridgehead atoms. The minimum absolute atomic E-state index is 0.0341. The molecule has 0 fully saturated rings. The van der Waals surface area contributed by atoms with Crippen molar-refractivity contribution < 1.29 is 76.7 Å². The van der Waals surface area contributed by atoms with Gasteiger partial charge in [0.2, 0.25) is 23.6 Å². The SMILES string of the molecule is CCCCCCC(CCCCCC)CCC(C)(C)OC(=O)NCCN(CCC(=O)NCCCCCCCC(=O)O)CCC(=O)NCCCCCCCC(=O)OCC(CCCCCC)CCCCCC.CCCCCCC(CCCCCC)COC(=O)CCCCCCCNC(=O)CCN(CCNC(=O)OC(C)(C)C)CCC(=O)NCCCCCCCC(=O)OCC(CCCCCC)CCCCCC. The molecule has 24 heteroatoms. The van der Waals surface area contributed by atoms with Crippen molar-refractivity contribution in [2.75, 3.05) is 98.4 Å². The Morgan fingerprint density at radius 3 is 0.710 bits per heavy atom. The zero-order valence-corrected chi connectivity index (χ0v) is 91.9. The number of hydrogen-bond donors (Lipinski definition) is 7. The maximum absolute atomic E-state index is 13.0. The Balaban J connectivity index is 0. The summed E-state index contributed by atoms with van der Waals surface area (Å²) in [6, 6.07) is 0. The summed E-state index contributed by atoms with van der Waals surface area (Å²) in [5, 5.41) is 26.7. The number of rotatable bonds is 100. The maximum atomic E-state index is 13.0. The van der Waals surface area contributed by atoms with Crippen LogP contribution in [-0.4, -0.2) is 184 Å². The van der Waals surface area contributed by atoms with Crippen molar-refractivity contribution in [2.24, 2.45) is 23.7 Å². The van der Waals surface area contributed by atoms with E-state index in [2.05, 4.69) is 92.2 Å². The first-order chi connectivity index (χ1) is 66.7. The van der Waals surface area contributed by atoms with Gasteiger partial charge in [-0.2, -0.15) is 0 Å². The van der Waals surface area contributed by atoms with Crippen molar-refractivity contribution in [1.82, 2.24) is 41.7 Å². The van der Waals surface area contributed by atoms with Crippen LogP contribution in [0, 0.1) is 23.7 Å². The Bertz CT molecular complexity index is 2740. The first-order valence-corrected chi connectivity index (χ1v) is 57.8. The van der Waals surface area contributed by atoms with E-state index < -0.39 is 29.4 Å². The van der Waals surface area contributed by atoms with E-state index in [-0.39, 0.29) is 54.4 Å². The number of carboxylic acids is 1. The van der Waals surface area contributed by atoms with Crippen LogP contribution in [0.4, 0.5) is 9.59 Å². The van der Waals surface area contributed by atoms with Gasteiger partial charge in [-0.25, -0.2) is 9.59 Å². The number of aliphatic carboxylic acids is 1. The Morgan fingerprint density at radius 2 is 0.464 bits per heavy atom. The fourth-order valence-corrected chi connectivity index (χ4v) is 17.6. The van der Waals surface area contributed by atoms with Crippen LogP contribution in [0.3, 0.4) is 0 Å². The summed E-state index contributed by atoms with van der Waals surface area (Å²) in [5.74, 6) is 0.990. The van der Waals surface area contributed by atoms with E-state index >= 15 is 0 Å². The van der Waals surface area contributed by atoms with Crippen LogP contribution in [0.15, 0.2) is 0 Å². The predicted octanol–water partition coefficient (Wildman–Crippen LogP) is 27.7. The van der Waals surface area contributed by atoms with Crippen LogP contribution in [-0.2, 0) is 62.0 Å². The van der Waals surface area contributed by atoms with Gasteiger partial charge in [0.05, 0.1) is 19.8 Å². The Kier molecular flexibility index (Phi) is 95.9. The van der Waals surface area contributed by atoms with Crippen LogP contribution in [0.25, 0.3) is 0 Å². The molecule has 0 saturated carbocycles. The molecule has 0 aliphatic carbocycles. The van der Waals surface area contributed by atoms with Crippen molar-refractivity contribution in [2.45, 2.75) is 551 Å². The fourth-order valence-electron chi connectivity index (χ4n) is 17.6. The van der Waals surface area contributed by atoms with Gasteiger partial charge < -0.3 is 70.5 Å². The van der Waals surface area contributed by atoms with E-state index in [1.165, 1.54) is 218 Å². The van der Waals surface area contributed by atoms with Gasteiger partial charge in [-0.15, -0.1) is 0 Å². The highest BCUT2D eigenvalue weighted by molar-refractivity contribution is 5.78. The fraction of sp³-hybridized carbons (Fsp3) is 0.912. The van der Waals surface area contributed by atoms with E-state index in [0.717, 1.165) is 173 Å². The number of ether oxygens (including phenoxy) is 5. The monoisotopic (exact) mass is 1960 g/mol. The second-order valence-electron chi connectivity index (χ2n) is 41.9. The Morgan fingerprint density at radius 1 is 0.239 bits per heavy atom. The first kappa shape index (κ1) is 134. The number of unbranched alkanes of at least 4 members (excludes halogenated alkanes) is 40. The molecule has 6 amide bonds. The molecule has 0 atom stereocenters. The number of esters is 3. The van der Waals surface area contributed by atoms with Crippen molar-refractivity contribution >= 4 is 59.7 Å². The molecular weight excluding hydrogens is 1740 g/mol. The smallest absolute Gasteiger partial charge is 0.407 e. The standard InChI is InChI=1S/2C57H110N4O8/c1-8-12-16-26-34-50(35-27-17-13-9-2)48-67-54(64)38-30-22-20-24-32-42-58-52(62)40-45-61(47-44-60-56(66)69-57(5,6)7)46-41-53(63)59-43-33-25-21-23-31-39-55(65)68-49-51(36-28-18-14-10-3)37-29-19-15-11-4;1-7-11-15-25-33-50(34-26-16-12-8-2)39-42-57(5,6)69-56(67)60-45-48-61(46-40-52(62)58-43-31-23-19-21-29-37-54(64)65)47-41-53(63)59-44-32-24-20-22-30-38-55(66)68-49-51(35-27-17-13-9-3)36-28-18-14-10-4/h50-51H,8-49H2,1-7H3,(H,58,62)(H,59,63)(H,60,66);50-51H,7-49H2,1-6H3,(H,58,62)(H,59,63)(H,60,67)(H,64,65). The first-order valence-electron chi connectivity index (χ1n) is 57.8. The highest BCUT2D eigenvalue weighted by Gasteiger charge is 2.26. The van der Waals surface area contributed by atoms with Crippen LogP contribution in [0.5, 0.6) is 0 Å². The van der Waals surface area contributed by atoms with E-state index in [9.17, 15) is 47.9 Å². The van der Waals surface area contributed by atoms with Crippen molar-refractivity contribution in [3.63, 3.8) is 0 Å². The summed E-state index contributed by atoms with van der Waals surface area (Å²) in [5.41, 5.74) is -1.18. The second kappa shape index (κ2) is 98.6. The predicted molar refractivity (Wildman–Crippen MR) is 571 cm³/mol. The number of nitrogens with zero attached hydrogens (tertiary/aromatic N) is 2. The highest BCUT2D eigenvalue weighted by atomic mass is 16.6. The zero-order chi connectivity index (χ0) is 102. The van der Waals surface area contributed by atoms with Crippen molar-refractivity contribution in [1.29, 1.82) is 0 Å². The van der Waals surface area contributed by atoms with Gasteiger partial charge >= 0.3 is 36.1 Å². The molecule has 0 spiro atoms. The molecule has 0 aromatic rings. The second-order valence-corrected chi connectivity index (χ2v) is 41.9. The molecule has 0 saturated heterocycles. The number of carbonyl (C=O) groups excluding carboxylic acids is 9. The summed E-state index contributed by atoms with van der Waals surface area (Å²) in [6.07, 6.45) is 71.7. The Labute approximate surface area is 846 Å². The number of alkyl carbamates (subject to hydrolysis) is 2. The van der Waals surface area contributed by atoms with Gasteiger partial charge in [0, 0.05) is 130 Å². The summed E-state index contributed by atoms with van der Waals surface area (Å²) in [4.78, 5) is 129. The van der Waals surface area contributed by atoms with E-state index in [0.29, 0.717) is 167 Å². The van der Waals surface area contributed by atoms with Gasteiger partial charge in [-0.05, 0) is 161 Å². The average molecular weight is 1960 g/mol. The lowest BCUT2D eigenvalue weighted by atomic mass is 9.87. The molecule has 0 heterocycles. The third-order valence-electron chi connectivity index (χ3n) is 26.6. The lowest BCUT2D eigenvalue weighted by Gasteiger charge is -2.28. The molecular formula is C114H220N8O16. The minimum Gasteiger partial charge on any atom is -0.481 e. The number of carbonyl (C=O) groups is 10. The average Bonchev–Trinajstić information content (AvgIpc) is 0.897. The molecule has 0 aliphatic heterocycles. The summed E-state index contributed by atoms with van der Waals surface area (Å²) < 4.78 is 28.5. The third kappa shape index (κ3) is 97.7. The zero-order valence-electron chi connectivity index (χ0n) is 91.9. The van der Waals surface area contributed by atoms with Gasteiger partial charge in [0.15, 0.2) is 0 Å². The quantitative estimate of drug-likeness (QED) is 0.0169. The normalized spacial score (nSPS) is 11.6. The molecule has 812 valence electrons. The summed E-state index contributed by atoms with van der Waals surface area (Å²) in [7, 11) is 0. The maximum Gasteiger partial charge on any atom is 0.407 e. The number of nitrogens with one attached hydrogen (secondary N) is 6. The number of amides is 6. The largest absolute Gasteiger partial charge is 0.481 e. The van der Waals surface area contributed by atoms with Gasteiger partial charge in [-0.3, -0.25) is 38.4 Å². The van der Waals surface area contributed by atoms with Gasteiger partial charge in [-0.1, -0.05) is 351 Å². The molecule has 24 nitrogen and oxygen atoms in total. The Hall–Kier alpha value is -5.78. The lowest BCUT2D eigenvalue weighted by molar-refractivity contribution is -0.146. The molecule has 0 aromatic heterocycles.